The highest BCUT2D eigenvalue weighted by Gasteiger charge is 2.48. The molecule has 8 heteroatoms. The lowest BCUT2D eigenvalue weighted by molar-refractivity contribution is -0.132. The molecule has 3 N–H and O–H groups in total. The molecule has 0 bridgehead atoms. The molecule has 2 heterocycles. The number of aromatic amines is 1. The summed E-state index contributed by atoms with van der Waals surface area (Å²) < 4.78 is 5.56. The number of ether oxygens (including phenoxy) is 1. The van der Waals surface area contributed by atoms with E-state index < -0.39 is 17.7 Å². The number of carbonyl (C=O) groups is 2. The number of imidazole rings is 1. The Balaban J connectivity index is 1.73. The fraction of sp³-hybridized carbons (Fsp3) is 0.207. The maximum Gasteiger partial charge on any atom is 0.302 e. The number of benzene rings is 3. The second kappa shape index (κ2) is 9.46. The largest absolute Gasteiger partial charge is 0.507 e. The quantitative estimate of drug-likeness (QED) is 0.192. The molecule has 37 heavy (non-hydrogen) atoms. The number of aromatic hydroxyl groups is 1. The molecule has 3 aromatic carbocycles. The fourth-order valence-electron chi connectivity index (χ4n) is 4.62. The van der Waals surface area contributed by atoms with E-state index in [0.717, 1.165) is 17.5 Å². The Morgan fingerprint density at radius 2 is 1.81 bits per heavy atom. The van der Waals surface area contributed by atoms with Crippen molar-refractivity contribution in [2.45, 2.75) is 33.2 Å². The summed E-state index contributed by atoms with van der Waals surface area (Å²) in [6.45, 7) is 6.07. The summed E-state index contributed by atoms with van der Waals surface area (Å²) in [6, 6.07) is 16.4. The zero-order chi connectivity index (χ0) is 26.3. The Morgan fingerprint density at radius 3 is 2.51 bits per heavy atom. The van der Waals surface area contributed by atoms with E-state index in [0.29, 0.717) is 28.8 Å². The van der Waals surface area contributed by atoms with Crippen LogP contribution in [0.5, 0.6) is 11.5 Å². The van der Waals surface area contributed by atoms with Crippen molar-refractivity contribution in [1.29, 1.82) is 0 Å². The minimum Gasteiger partial charge on any atom is -0.507 e. The number of phenolic OH excluding ortho intramolecular Hbond substituents is 1. The summed E-state index contributed by atoms with van der Waals surface area (Å²) in [5.41, 5.74) is 4.26. The third-order valence-electron chi connectivity index (χ3n) is 6.53. The van der Waals surface area contributed by atoms with Crippen molar-refractivity contribution in [3.05, 3.63) is 88.5 Å². The summed E-state index contributed by atoms with van der Waals surface area (Å²) in [4.78, 5) is 35.9. The van der Waals surface area contributed by atoms with Gasteiger partial charge in [0.15, 0.2) is 11.5 Å². The normalized spacial score (nSPS) is 17.1. The Kier molecular flexibility index (Phi) is 6.17. The number of anilines is 1. The van der Waals surface area contributed by atoms with Crippen molar-refractivity contribution in [3.63, 3.8) is 0 Å². The van der Waals surface area contributed by atoms with Gasteiger partial charge in [0, 0.05) is 5.56 Å². The van der Waals surface area contributed by atoms with Crippen LogP contribution in [0.1, 0.15) is 42.1 Å². The van der Waals surface area contributed by atoms with E-state index in [1.165, 1.54) is 11.0 Å². The van der Waals surface area contributed by atoms with Crippen LogP contribution in [0.4, 0.5) is 5.95 Å². The smallest absolute Gasteiger partial charge is 0.302 e. The van der Waals surface area contributed by atoms with Crippen LogP contribution in [0, 0.1) is 6.92 Å². The third kappa shape index (κ3) is 4.20. The first-order chi connectivity index (χ1) is 17.8. The van der Waals surface area contributed by atoms with E-state index in [1.807, 2.05) is 44.2 Å². The number of nitrogens with one attached hydrogen (secondary N) is 1. The Labute approximate surface area is 213 Å². The first-order valence-electron chi connectivity index (χ1n) is 12.1. The van der Waals surface area contributed by atoms with Gasteiger partial charge in [-0.1, -0.05) is 43.3 Å². The van der Waals surface area contributed by atoms with E-state index in [9.17, 15) is 19.8 Å². The summed E-state index contributed by atoms with van der Waals surface area (Å²) in [5.74, 6) is -1.62. The van der Waals surface area contributed by atoms with E-state index in [2.05, 4.69) is 9.97 Å². The number of rotatable bonds is 6. The highest BCUT2D eigenvalue weighted by molar-refractivity contribution is 6.51. The number of H-pyrrole nitrogens is 1. The number of nitrogens with zero attached hydrogens (tertiary/aromatic N) is 2. The van der Waals surface area contributed by atoms with Gasteiger partial charge < -0.3 is 19.9 Å². The number of aliphatic hydroxyl groups excluding tert-OH is 1. The van der Waals surface area contributed by atoms with Crippen LogP contribution in [0.3, 0.4) is 0 Å². The first-order valence-corrected chi connectivity index (χ1v) is 12.1. The molecule has 4 aromatic rings. The Morgan fingerprint density at radius 1 is 1.05 bits per heavy atom. The minimum absolute atomic E-state index is 0.0703. The van der Waals surface area contributed by atoms with Gasteiger partial charge in [-0.15, -0.1) is 0 Å². The number of hydrogen-bond acceptors (Lipinski definition) is 6. The van der Waals surface area contributed by atoms with Crippen molar-refractivity contribution in [3.8, 4) is 11.5 Å². The zero-order valence-electron chi connectivity index (χ0n) is 20.8. The highest BCUT2D eigenvalue weighted by Crippen LogP contribution is 2.43. The molecule has 1 aliphatic rings. The molecule has 1 unspecified atom stereocenters. The predicted octanol–water partition coefficient (Wildman–Crippen LogP) is 5.16. The van der Waals surface area contributed by atoms with Crippen LogP contribution in [0.25, 0.3) is 16.8 Å². The number of Topliss-reactive ketones (excluding diaryl/α,β-unsaturated/α-hetero) is 1. The van der Waals surface area contributed by atoms with Crippen LogP contribution >= 0.6 is 0 Å². The highest BCUT2D eigenvalue weighted by atomic mass is 16.5. The van der Waals surface area contributed by atoms with Crippen LogP contribution in [-0.2, 0) is 16.0 Å². The lowest BCUT2D eigenvalue weighted by atomic mass is 9.94. The number of phenols is 1. The number of carbonyl (C=O) groups excluding carboxylic acids is 2. The molecule has 1 aliphatic heterocycles. The molecule has 8 nitrogen and oxygen atoms in total. The topological polar surface area (TPSA) is 116 Å². The average molecular weight is 498 g/mol. The number of fused-ring (bicyclic) bond motifs is 1. The first kappa shape index (κ1) is 24.1. The number of ketones is 1. The van der Waals surface area contributed by atoms with Crippen LogP contribution in [-0.4, -0.2) is 38.5 Å². The van der Waals surface area contributed by atoms with Gasteiger partial charge >= 0.3 is 5.91 Å². The summed E-state index contributed by atoms with van der Waals surface area (Å²) in [5, 5.41) is 21.6. The van der Waals surface area contributed by atoms with Gasteiger partial charge in [-0.05, 0) is 61.2 Å². The van der Waals surface area contributed by atoms with Crippen molar-refractivity contribution in [2.24, 2.45) is 0 Å². The SMILES string of the molecule is CCOc1cc(C2/C(=C(\O)c3ccc(CC)cc3)C(=O)C(=O)N2c2nc3ccc(C)cc3[nH]2)ccc1O. The molecule has 188 valence electrons. The summed E-state index contributed by atoms with van der Waals surface area (Å²) in [7, 11) is 0. The van der Waals surface area contributed by atoms with Gasteiger partial charge in [-0.2, -0.15) is 0 Å². The molecule has 1 atom stereocenters. The predicted molar refractivity (Wildman–Crippen MR) is 141 cm³/mol. The van der Waals surface area contributed by atoms with Gasteiger partial charge in [-0.25, -0.2) is 4.98 Å². The number of aryl methyl sites for hydroxylation is 2. The van der Waals surface area contributed by atoms with Gasteiger partial charge in [-0.3, -0.25) is 14.5 Å². The number of hydrogen-bond donors (Lipinski definition) is 3. The molecule has 1 saturated heterocycles. The standard InChI is InChI=1S/C29H27N3O5/c1-4-17-7-9-18(10-8-17)26(34)24-25(19-11-13-22(33)23(15-19)37-5-2)32(28(36)27(24)35)29-30-20-12-6-16(3)14-21(20)31-29/h6-15,25,33-34H,4-5H2,1-3H3,(H,30,31)/b26-24+. The third-order valence-corrected chi connectivity index (χ3v) is 6.53. The minimum atomic E-state index is -1.01. The van der Waals surface area contributed by atoms with E-state index in [1.54, 1.807) is 31.2 Å². The van der Waals surface area contributed by atoms with Crippen LogP contribution in [0.2, 0.25) is 0 Å². The number of aliphatic hydroxyl groups is 1. The van der Waals surface area contributed by atoms with Crippen molar-refractivity contribution < 1.29 is 24.5 Å². The van der Waals surface area contributed by atoms with Gasteiger partial charge in [0.2, 0.25) is 5.95 Å². The maximum absolute atomic E-state index is 13.4. The summed E-state index contributed by atoms with van der Waals surface area (Å²) >= 11 is 0. The molecule has 1 aromatic heterocycles. The van der Waals surface area contributed by atoms with Crippen molar-refractivity contribution in [1.82, 2.24) is 9.97 Å². The second-order valence-electron chi connectivity index (χ2n) is 8.96. The zero-order valence-corrected chi connectivity index (χ0v) is 20.8. The molecular formula is C29H27N3O5. The van der Waals surface area contributed by atoms with E-state index >= 15 is 0 Å². The fourth-order valence-corrected chi connectivity index (χ4v) is 4.62. The van der Waals surface area contributed by atoms with Gasteiger partial charge in [0.1, 0.15) is 5.76 Å². The lowest BCUT2D eigenvalue weighted by Gasteiger charge is -2.23. The van der Waals surface area contributed by atoms with Crippen molar-refractivity contribution >= 4 is 34.4 Å². The van der Waals surface area contributed by atoms with Gasteiger partial charge in [0.05, 0.1) is 29.3 Å². The lowest BCUT2D eigenvalue weighted by Crippen LogP contribution is -2.30. The average Bonchev–Trinajstić information content (AvgIpc) is 3.42. The molecule has 1 amide bonds. The summed E-state index contributed by atoms with van der Waals surface area (Å²) in [6.07, 6.45) is 0.824. The maximum atomic E-state index is 13.4. The molecular weight excluding hydrogens is 470 g/mol. The second-order valence-corrected chi connectivity index (χ2v) is 8.96. The monoisotopic (exact) mass is 497 g/mol. The molecule has 5 rings (SSSR count). The Bertz CT molecular complexity index is 1550. The van der Waals surface area contributed by atoms with Crippen LogP contribution < -0.4 is 9.64 Å². The van der Waals surface area contributed by atoms with Crippen LogP contribution in [0.15, 0.2) is 66.2 Å². The molecule has 0 spiro atoms. The Hall–Kier alpha value is -4.59. The number of aromatic nitrogens is 2. The van der Waals surface area contributed by atoms with E-state index in [-0.39, 0.29) is 28.8 Å². The number of amides is 1. The molecule has 1 fully saturated rings. The molecule has 0 radical (unpaired) electrons. The molecule has 0 aliphatic carbocycles. The van der Waals surface area contributed by atoms with Crippen molar-refractivity contribution in [2.75, 3.05) is 11.5 Å². The van der Waals surface area contributed by atoms with Gasteiger partial charge in [0.25, 0.3) is 5.78 Å². The molecule has 0 saturated carbocycles. The van der Waals surface area contributed by atoms with E-state index in [4.69, 9.17) is 4.74 Å².